The molecule has 7 heteroatoms. The fourth-order valence-corrected chi connectivity index (χ4v) is 5.58. The Balaban J connectivity index is 1.62. The number of carbonyl (C=O) groups is 1. The molecule has 0 unspecified atom stereocenters. The fourth-order valence-electron chi connectivity index (χ4n) is 4.43. The average molecular weight is 385 g/mol. The molecule has 1 aromatic heterocycles. The molecule has 2 aromatic rings. The molecule has 3 atom stereocenters. The Hall–Kier alpha value is -2.25. The van der Waals surface area contributed by atoms with Crippen molar-refractivity contribution in [2.45, 2.75) is 13.0 Å². The number of benzene rings is 1. The second-order valence-electron chi connectivity index (χ2n) is 7.57. The van der Waals surface area contributed by atoms with E-state index >= 15 is 0 Å². The van der Waals surface area contributed by atoms with Crippen LogP contribution in [0.2, 0.25) is 0 Å². The van der Waals surface area contributed by atoms with Crippen LogP contribution in [0.25, 0.3) is 0 Å². The second kappa shape index (κ2) is 6.73. The van der Waals surface area contributed by atoms with Gasteiger partial charge in [-0.15, -0.1) is 0 Å². The lowest BCUT2D eigenvalue weighted by molar-refractivity contribution is 0.0773. The third kappa shape index (κ3) is 3.37. The van der Waals surface area contributed by atoms with Crippen LogP contribution in [-0.2, 0) is 10.0 Å². The van der Waals surface area contributed by atoms with E-state index < -0.39 is 10.0 Å². The van der Waals surface area contributed by atoms with Crippen molar-refractivity contribution in [2.24, 2.45) is 11.8 Å². The molecule has 3 heterocycles. The highest BCUT2D eigenvalue weighted by molar-refractivity contribution is 7.88. The summed E-state index contributed by atoms with van der Waals surface area (Å²) in [6.07, 6.45) is 4.59. The van der Waals surface area contributed by atoms with E-state index in [1.54, 1.807) is 16.7 Å². The zero-order valence-electron chi connectivity index (χ0n) is 15.4. The summed E-state index contributed by atoms with van der Waals surface area (Å²) in [5.41, 5.74) is 2.53. The number of aromatic nitrogens is 1. The van der Waals surface area contributed by atoms with Gasteiger partial charge >= 0.3 is 0 Å². The van der Waals surface area contributed by atoms with Gasteiger partial charge in [0, 0.05) is 37.9 Å². The van der Waals surface area contributed by atoms with E-state index in [1.165, 1.54) is 6.26 Å². The summed E-state index contributed by atoms with van der Waals surface area (Å²) in [6.45, 7) is 3.51. The number of fused-ring (bicyclic) bond motifs is 1. The zero-order chi connectivity index (χ0) is 19.2. The topological polar surface area (TPSA) is 70.6 Å². The van der Waals surface area contributed by atoms with Gasteiger partial charge < -0.3 is 4.90 Å². The molecule has 0 saturated carbocycles. The molecule has 0 aliphatic carbocycles. The second-order valence-corrected chi connectivity index (χ2v) is 9.51. The van der Waals surface area contributed by atoms with E-state index in [2.05, 4.69) is 4.98 Å². The molecule has 0 bridgehead atoms. The number of hydrogen-bond acceptors (Lipinski definition) is 4. The summed E-state index contributed by atoms with van der Waals surface area (Å²) in [6, 6.07) is 11.4. The molecule has 2 fully saturated rings. The maximum absolute atomic E-state index is 12.9. The van der Waals surface area contributed by atoms with Gasteiger partial charge in [0.2, 0.25) is 10.0 Å². The molecule has 4 rings (SSSR count). The number of amides is 1. The van der Waals surface area contributed by atoms with Crippen LogP contribution >= 0.6 is 0 Å². The number of aryl methyl sites for hydroxylation is 1. The standard InChI is InChI=1S/C20H23N3O3S/c1-14-8-16(10-21-9-14)20(24)22-11-17-12-23(27(2,25)26)19(18(17)13-22)15-6-4-3-5-7-15/h3-10,17-19H,11-13H2,1-2H3/t17-,18-,19+/m1/s1. The average Bonchev–Trinajstić information content (AvgIpc) is 3.19. The van der Waals surface area contributed by atoms with E-state index in [-0.39, 0.29) is 23.8 Å². The molecular weight excluding hydrogens is 362 g/mol. The predicted molar refractivity (Wildman–Crippen MR) is 103 cm³/mol. The third-order valence-electron chi connectivity index (χ3n) is 5.60. The van der Waals surface area contributed by atoms with E-state index in [1.807, 2.05) is 48.2 Å². The molecule has 2 saturated heterocycles. The van der Waals surface area contributed by atoms with E-state index in [4.69, 9.17) is 0 Å². The van der Waals surface area contributed by atoms with Gasteiger partial charge in [0.05, 0.1) is 17.9 Å². The Morgan fingerprint density at radius 2 is 1.85 bits per heavy atom. The summed E-state index contributed by atoms with van der Waals surface area (Å²) >= 11 is 0. The lowest BCUT2D eigenvalue weighted by atomic mass is 9.90. The lowest BCUT2D eigenvalue weighted by Gasteiger charge is -2.28. The van der Waals surface area contributed by atoms with Crippen molar-refractivity contribution in [1.29, 1.82) is 0 Å². The molecule has 1 amide bonds. The fraction of sp³-hybridized carbons (Fsp3) is 0.400. The summed E-state index contributed by atoms with van der Waals surface area (Å²) in [7, 11) is -3.32. The van der Waals surface area contributed by atoms with Gasteiger partial charge in [0.15, 0.2) is 0 Å². The molecule has 0 N–H and O–H groups in total. The van der Waals surface area contributed by atoms with Crippen LogP contribution in [0.3, 0.4) is 0 Å². The number of nitrogens with zero attached hydrogens (tertiary/aromatic N) is 3. The van der Waals surface area contributed by atoms with Gasteiger partial charge in [-0.1, -0.05) is 30.3 Å². The highest BCUT2D eigenvalue weighted by atomic mass is 32.2. The number of pyridine rings is 1. The normalized spacial score (nSPS) is 25.6. The zero-order valence-corrected chi connectivity index (χ0v) is 16.3. The first-order valence-corrected chi connectivity index (χ1v) is 10.9. The number of sulfonamides is 1. The predicted octanol–water partition coefficient (Wildman–Crippen LogP) is 2.09. The first-order valence-electron chi connectivity index (χ1n) is 9.07. The van der Waals surface area contributed by atoms with Gasteiger partial charge in [-0.3, -0.25) is 9.78 Å². The minimum atomic E-state index is -3.32. The Labute approximate surface area is 159 Å². The molecule has 0 spiro atoms. The first kappa shape index (κ1) is 18.1. The number of likely N-dealkylation sites (tertiary alicyclic amines) is 1. The third-order valence-corrected chi connectivity index (χ3v) is 6.83. The van der Waals surface area contributed by atoms with Gasteiger partial charge in [-0.25, -0.2) is 8.42 Å². The highest BCUT2D eigenvalue weighted by Gasteiger charge is 2.51. The number of hydrogen-bond donors (Lipinski definition) is 0. The van der Waals surface area contributed by atoms with Gasteiger partial charge in [0.1, 0.15) is 0 Å². The molecule has 2 aliphatic rings. The van der Waals surface area contributed by atoms with E-state index in [0.29, 0.717) is 25.2 Å². The maximum atomic E-state index is 12.9. The molecule has 0 radical (unpaired) electrons. The van der Waals surface area contributed by atoms with E-state index in [0.717, 1.165) is 11.1 Å². The van der Waals surface area contributed by atoms with Crippen LogP contribution in [0, 0.1) is 18.8 Å². The van der Waals surface area contributed by atoms with Crippen LogP contribution in [0.4, 0.5) is 0 Å². The van der Waals surface area contributed by atoms with Crippen LogP contribution in [0.5, 0.6) is 0 Å². The van der Waals surface area contributed by atoms with Crippen molar-refractivity contribution in [1.82, 2.24) is 14.2 Å². The summed E-state index contributed by atoms with van der Waals surface area (Å²) in [5.74, 6) is 0.216. The maximum Gasteiger partial charge on any atom is 0.255 e. The number of rotatable bonds is 3. The Bertz CT molecular complexity index is 961. The van der Waals surface area contributed by atoms with Crippen LogP contribution < -0.4 is 0 Å². The molecule has 6 nitrogen and oxygen atoms in total. The van der Waals surface area contributed by atoms with Crippen molar-refractivity contribution in [3.05, 3.63) is 65.5 Å². The van der Waals surface area contributed by atoms with Crippen molar-refractivity contribution in [3.8, 4) is 0 Å². The molecule has 2 aliphatic heterocycles. The number of carbonyl (C=O) groups excluding carboxylic acids is 1. The highest BCUT2D eigenvalue weighted by Crippen LogP contribution is 2.46. The molecule has 142 valence electrons. The first-order chi connectivity index (χ1) is 12.8. The van der Waals surface area contributed by atoms with Crippen molar-refractivity contribution in [2.75, 3.05) is 25.9 Å². The minimum Gasteiger partial charge on any atom is -0.338 e. The smallest absolute Gasteiger partial charge is 0.255 e. The molecule has 27 heavy (non-hydrogen) atoms. The quantitative estimate of drug-likeness (QED) is 0.811. The van der Waals surface area contributed by atoms with Gasteiger partial charge in [-0.2, -0.15) is 4.31 Å². The minimum absolute atomic E-state index is 0.0293. The van der Waals surface area contributed by atoms with E-state index in [9.17, 15) is 13.2 Å². The lowest BCUT2D eigenvalue weighted by Crippen LogP contribution is -2.37. The van der Waals surface area contributed by atoms with Crippen LogP contribution in [0.15, 0.2) is 48.8 Å². The summed E-state index contributed by atoms with van der Waals surface area (Å²) < 4.78 is 26.3. The van der Waals surface area contributed by atoms with Crippen LogP contribution in [-0.4, -0.2) is 54.4 Å². The Kier molecular flexibility index (Phi) is 4.52. The van der Waals surface area contributed by atoms with Crippen molar-refractivity contribution in [3.63, 3.8) is 0 Å². The van der Waals surface area contributed by atoms with Crippen molar-refractivity contribution < 1.29 is 13.2 Å². The molecule has 1 aromatic carbocycles. The Morgan fingerprint density at radius 3 is 2.52 bits per heavy atom. The summed E-state index contributed by atoms with van der Waals surface area (Å²) in [4.78, 5) is 18.9. The molecular formula is C20H23N3O3S. The Morgan fingerprint density at radius 1 is 1.11 bits per heavy atom. The monoisotopic (exact) mass is 385 g/mol. The van der Waals surface area contributed by atoms with Gasteiger partial charge in [-0.05, 0) is 30.0 Å². The largest absolute Gasteiger partial charge is 0.338 e. The van der Waals surface area contributed by atoms with Crippen molar-refractivity contribution >= 4 is 15.9 Å². The SMILES string of the molecule is Cc1cncc(C(=O)N2C[C@@H]3CN(S(C)(=O)=O)[C@@H](c4ccccc4)[C@@H]3C2)c1. The van der Waals surface area contributed by atoms with Gasteiger partial charge in [0.25, 0.3) is 5.91 Å². The van der Waals surface area contributed by atoms with Crippen LogP contribution in [0.1, 0.15) is 27.5 Å². The summed E-state index contributed by atoms with van der Waals surface area (Å²) in [5, 5.41) is 0.